The largest absolute Gasteiger partial charge is 0.376 e. The van der Waals surface area contributed by atoms with Crippen LogP contribution in [0.4, 0.5) is 0 Å². The van der Waals surface area contributed by atoms with Crippen molar-refractivity contribution in [2.24, 2.45) is 0 Å². The maximum Gasteiger partial charge on any atom is 0.141 e. The minimum atomic E-state index is -1.20. The summed E-state index contributed by atoms with van der Waals surface area (Å²) >= 11 is 0. The normalized spacial score (nSPS) is 11.6. The molecule has 0 aliphatic carbocycles. The lowest BCUT2D eigenvalue weighted by molar-refractivity contribution is 0.127. The number of hydrogen-bond donors (Lipinski definition) is 1. The zero-order valence-corrected chi connectivity index (χ0v) is 14.2. The number of rotatable bonds is 3. The lowest BCUT2D eigenvalue weighted by atomic mass is 9.78. The van der Waals surface area contributed by atoms with Crippen LogP contribution in [0.25, 0.3) is 10.8 Å². The molecule has 1 N–H and O–H groups in total. The minimum Gasteiger partial charge on any atom is -0.376 e. The smallest absolute Gasteiger partial charge is 0.141 e. The van der Waals surface area contributed by atoms with Gasteiger partial charge in [0.15, 0.2) is 0 Å². The van der Waals surface area contributed by atoms with Gasteiger partial charge in [0.1, 0.15) is 5.60 Å². The Kier molecular flexibility index (Phi) is 3.87. The van der Waals surface area contributed by atoms with Gasteiger partial charge in [0.25, 0.3) is 0 Å². The summed E-state index contributed by atoms with van der Waals surface area (Å²) in [5.74, 6) is 0. The van der Waals surface area contributed by atoms with E-state index in [4.69, 9.17) is 0 Å². The van der Waals surface area contributed by atoms with E-state index in [2.05, 4.69) is 31.2 Å². The number of fused-ring (bicyclic) bond motifs is 1. The average molecular weight is 324 g/mol. The molecule has 0 aromatic heterocycles. The SMILES string of the molecule is Cc1ccc(C(O)(c2ccccc2)c2ccccc2)c2ccccc12. The fourth-order valence-corrected chi connectivity index (χ4v) is 3.60. The zero-order valence-electron chi connectivity index (χ0n) is 14.2. The zero-order chi connectivity index (χ0) is 17.3. The maximum atomic E-state index is 12.0. The second-order valence-electron chi connectivity index (χ2n) is 6.42. The van der Waals surface area contributed by atoms with E-state index in [0.717, 1.165) is 22.1 Å². The molecule has 122 valence electrons. The van der Waals surface area contributed by atoms with Crippen molar-refractivity contribution >= 4 is 10.8 Å². The third-order valence-corrected chi connectivity index (χ3v) is 4.91. The summed E-state index contributed by atoms with van der Waals surface area (Å²) < 4.78 is 0. The van der Waals surface area contributed by atoms with Gasteiger partial charge in [-0.15, -0.1) is 0 Å². The van der Waals surface area contributed by atoms with Crippen LogP contribution >= 0.6 is 0 Å². The van der Waals surface area contributed by atoms with E-state index in [1.54, 1.807) is 0 Å². The lowest BCUT2D eigenvalue weighted by Crippen LogP contribution is -2.29. The monoisotopic (exact) mass is 324 g/mol. The third kappa shape index (κ3) is 2.54. The number of benzene rings is 4. The second kappa shape index (κ2) is 6.19. The van der Waals surface area contributed by atoms with Crippen molar-refractivity contribution in [1.82, 2.24) is 0 Å². The van der Waals surface area contributed by atoms with Crippen LogP contribution in [0, 0.1) is 6.92 Å². The molecule has 1 heteroatoms. The van der Waals surface area contributed by atoms with Gasteiger partial charge in [0, 0.05) is 5.56 Å². The topological polar surface area (TPSA) is 20.2 Å². The Bertz CT molecular complexity index is 964. The van der Waals surface area contributed by atoms with Crippen LogP contribution in [0.5, 0.6) is 0 Å². The van der Waals surface area contributed by atoms with E-state index in [1.807, 2.05) is 72.8 Å². The first-order valence-electron chi connectivity index (χ1n) is 8.53. The van der Waals surface area contributed by atoms with Crippen LogP contribution in [0.1, 0.15) is 22.3 Å². The number of aryl methyl sites for hydroxylation is 1. The van der Waals surface area contributed by atoms with Gasteiger partial charge in [-0.3, -0.25) is 0 Å². The Balaban J connectivity index is 2.09. The number of hydrogen-bond acceptors (Lipinski definition) is 1. The van der Waals surface area contributed by atoms with Crippen LogP contribution in [0.3, 0.4) is 0 Å². The van der Waals surface area contributed by atoms with Gasteiger partial charge in [-0.05, 0) is 34.4 Å². The fourth-order valence-electron chi connectivity index (χ4n) is 3.60. The Morgan fingerprint density at radius 1 is 0.560 bits per heavy atom. The van der Waals surface area contributed by atoms with Gasteiger partial charge in [-0.2, -0.15) is 0 Å². The average Bonchev–Trinajstić information content (AvgIpc) is 2.69. The molecule has 0 atom stereocenters. The summed E-state index contributed by atoms with van der Waals surface area (Å²) in [6.45, 7) is 2.11. The molecular formula is C24H20O. The molecule has 25 heavy (non-hydrogen) atoms. The maximum absolute atomic E-state index is 12.0. The molecule has 0 heterocycles. The molecular weight excluding hydrogens is 304 g/mol. The summed E-state index contributed by atoms with van der Waals surface area (Å²) in [7, 11) is 0. The first kappa shape index (κ1) is 15.6. The molecule has 1 nitrogen and oxygen atoms in total. The predicted molar refractivity (Wildman–Crippen MR) is 104 cm³/mol. The first-order chi connectivity index (χ1) is 12.2. The highest BCUT2D eigenvalue weighted by Gasteiger charge is 2.35. The van der Waals surface area contributed by atoms with E-state index in [0.29, 0.717) is 0 Å². The van der Waals surface area contributed by atoms with Crippen LogP contribution in [0.15, 0.2) is 97.1 Å². The summed E-state index contributed by atoms with van der Waals surface area (Å²) in [5, 5.41) is 14.3. The van der Waals surface area contributed by atoms with Gasteiger partial charge in [-0.1, -0.05) is 97.1 Å². The van der Waals surface area contributed by atoms with Gasteiger partial charge in [0.05, 0.1) is 0 Å². The van der Waals surface area contributed by atoms with Gasteiger partial charge >= 0.3 is 0 Å². The Labute approximate surface area is 148 Å². The van der Waals surface area contributed by atoms with Gasteiger partial charge in [0.2, 0.25) is 0 Å². The summed E-state index contributed by atoms with van der Waals surface area (Å²) in [6, 6.07) is 32.2. The van der Waals surface area contributed by atoms with Gasteiger partial charge < -0.3 is 5.11 Å². The molecule has 0 amide bonds. The van der Waals surface area contributed by atoms with Crippen molar-refractivity contribution in [3.8, 4) is 0 Å². The standard InChI is InChI=1S/C24H20O/c1-18-16-17-23(22-15-9-8-14-21(18)22)24(25,19-10-4-2-5-11-19)20-12-6-3-7-13-20/h2-17,25H,1H3. The van der Waals surface area contributed by atoms with E-state index < -0.39 is 5.60 Å². The highest BCUT2D eigenvalue weighted by atomic mass is 16.3. The molecule has 0 aliphatic rings. The first-order valence-corrected chi connectivity index (χ1v) is 8.53. The lowest BCUT2D eigenvalue weighted by Gasteiger charge is -2.31. The Morgan fingerprint density at radius 2 is 1.04 bits per heavy atom. The predicted octanol–water partition coefficient (Wildman–Crippen LogP) is 5.43. The Morgan fingerprint density at radius 3 is 1.60 bits per heavy atom. The number of aliphatic hydroxyl groups is 1. The molecule has 0 bridgehead atoms. The van der Waals surface area contributed by atoms with Crippen molar-refractivity contribution in [3.05, 3.63) is 119 Å². The van der Waals surface area contributed by atoms with Crippen molar-refractivity contribution in [2.45, 2.75) is 12.5 Å². The van der Waals surface area contributed by atoms with E-state index in [-0.39, 0.29) is 0 Å². The Hall–Kier alpha value is -2.90. The minimum absolute atomic E-state index is 0.871. The third-order valence-electron chi connectivity index (χ3n) is 4.91. The van der Waals surface area contributed by atoms with Crippen LogP contribution in [0.2, 0.25) is 0 Å². The summed E-state index contributed by atoms with van der Waals surface area (Å²) in [4.78, 5) is 0. The quantitative estimate of drug-likeness (QED) is 0.498. The van der Waals surface area contributed by atoms with E-state index in [1.165, 1.54) is 10.9 Å². The van der Waals surface area contributed by atoms with E-state index >= 15 is 0 Å². The second-order valence-corrected chi connectivity index (χ2v) is 6.42. The fraction of sp³-hybridized carbons (Fsp3) is 0.0833. The highest BCUT2D eigenvalue weighted by Crippen LogP contribution is 2.40. The van der Waals surface area contributed by atoms with Crippen molar-refractivity contribution < 1.29 is 5.11 Å². The van der Waals surface area contributed by atoms with Crippen LogP contribution in [-0.4, -0.2) is 5.11 Å². The molecule has 0 fully saturated rings. The highest BCUT2D eigenvalue weighted by molar-refractivity contribution is 5.90. The van der Waals surface area contributed by atoms with E-state index in [9.17, 15) is 5.11 Å². The summed E-state index contributed by atoms with van der Waals surface area (Å²) in [6.07, 6.45) is 0. The van der Waals surface area contributed by atoms with Crippen LogP contribution in [-0.2, 0) is 5.60 Å². The molecule has 0 spiro atoms. The van der Waals surface area contributed by atoms with Gasteiger partial charge in [-0.25, -0.2) is 0 Å². The molecule has 0 unspecified atom stereocenters. The molecule has 4 aromatic carbocycles. The van der Waals surface area contributed by atoms with Crippen molar-refractivity contribution in [3.63, 3.8) is 0 Å². The molecule has 0 radical (unpaired) electrons. The molecule has 0 saturated heterocycles. The van der Waals surface area contributed by atoms with Crippen molar-refractivity contribution in [1.29, 1.82) is 0 Å². The van der Waals surface area contributed by atoms with Crippen molar-refractivity contribution in [2.75, 3.05) is 0 Å². The molecule has 4 aromatic rings. The summed E-state index contributed by atoms with van der Waals surface area (Å²) in [5.41, 5.74) is 2.66. The molecule has 0 aliphatic heterocycles. The molecule has 4 rings (SSSR count). The van der Waals surface area contributed by atoms with Crippen LogP contribution < -0.4 is 0 Å². The molecule has 0 saturated carbocycles.